The van der Waals surface area contributed by atoms with Gasteiger partial charge in [0.15, 0.2) is 0 Å². The van der Waals surface area contributed by atoms with Crippen LogP contribution < -0.4 is 0 Å². The van der Waals surface area contributed by atoms with Crippen LogP contribution in [0.2, 0.25) is 0 Å². The minimum atomic E-state index is -0.197. The zero-order valence-electron chi connectivity index (χ0n) is 7.16. The lowest BCUT2D eigenvalue weighted by atomic mass is 10.1. The van der Waals surface area contributed by atoms with Crippen molar-refractivity contribution < 1.29 is 5.11 Å². The lowest BCUT2D eigenvalue weighted by Crippen LogP contribution is -2.37. The number of likely N-dealkylation sites (tertiary alicyclic amines) is 1. The predicted molar refractivity (Wildman–Crippen MR) is 46.5 cm³/mol. The van der Waals surface area contributed by atoms with Crippen LogP contribution in [0.5, 0.6) is 0 Å². The summed E-state index contributed by atoms with van der Waals surface area (Å²) in [6.07, 6.45) is 4.05. The fourth-order valence-electron chi connectivity index (χ4n) is 1.79. The maximum Gasteiger partial charge on any atom is 0.0667 e. The van der Waals surface area contributed by atoms with E-state index in [-0.39, 0.29) is 6.10 Å². The van der Waals surface area contributed by atoms with Gasteiger partial charge in [0.1, 0.15) is 0 Å². The second-order valence-corrected chi connectivity index (χ2v) is 3.23. The van der Waals surface area contributed by atoms with Gasteiger partial charge >= 0.3 is 0 Å². The van der Waals surface area contributed by atoms with Crippen LogP contribution in [0.15, 0.2) is 12.7 Å². The molecule has 0 amide bonds. The van der Waals surface area contributed by atoms with Gasteiger partial charge < -0.3 is 5.11 Å². The molecule has 0 unspecified atom stereocenters. The van der Waals surface area contributed by atoms with Crippen LogP contribution in [0.3, 0.4) is 0 Å². The molecule has 0 radical (unpaired) electrons. The van der Waals surface area contributed by atoms with Gasteiger partial charge in [0.05, 0.1) is 6.10 Å². The SMILES string of the molecule is C=CCN1CCC[C@H]1[C@H](C)O. The van der Waals surface area contributed by atoms with Crippen molar-refractivity contribution in [3.63, 3.8) is 0 Å². The van der Waals surface area contributed by atoms with Gasteiger partial charge in [0.25, 0.3) is 0 Å². The van der Waals surface area contributed by atoms with Gasteiger partial charge in [-0.1, -0.05) is 6.08 Å². The molecule has 2 nitrogen and oxygen atoms in total. The molecule has 0 aliphatic carbocycles. The van der Waals surface area contributed by atoms with E-state index >= 15 is 0 Å². The molecule has 1 heterocycles. The Hall–Kier alpha value is -0.340. The Morgan fingerprint density at radius 3 is 3.09 bits per heavy atom. The van der Waals surface area contributed by atoms with Gasteiger partial charge in [-0.15, -0.1) is 6.58 Å². The number of hydrogen-bond donors (Lipinski definition) is 1. The summed E-state index contributed by atoms with van der Waals surface area (Å²) in [5.41, 5.74) is 0. The molecule has 2 heteroatoms. The Bertz CT molecular complexity index is 134. The molecule has 1 aliphatic heterocycles. The van der Waals surface area contributed by atoms with Crippen LogP contribution in [-0.4, -0.2) is 35.2 Å². The molecule has 1 saturated heterocycles. The Labute approximate surface area is 68.5 Å². The quantitative estimate of drug-likeness (QED) is 0.615. The largest absolute Gasteiger partial charge is 0.392 e. The molecule has 0 bridgehead atoms. The number of hydrogen-bond acceptors (Lipinski definition) is 2. The number of aliphatic hydroxyl groups is 1. The van der Waals surface area contributed by atoms with Crippen molar-refractivity contribution in [3.8, 4) is 0 Å². The third-order valence-electron chi connectivity index (χ3n) is 2.33. The summed E-state index contributed by atoms with van der Waals surface area (Å²) in [6.45, 7) is 7.59. The maximum absolute atomic E-state index is 9.37. The molecular weight excluding hydrogens is 138 g/mol. The van der Waals surface area contributed by atoms with Crippen LogP contribution >= 0.6 is 0 Å². The van der Waals surface area contributed by atoms with E-state index in [0.717, 1.165) is 19.5 Å². The normalized spacial score (nSPS) is 28.7. The van der Waals surface area contributed by atoms with Crippen molar-refractivity contribution in [2.24, 2.45) is 0 Å². The van der Waals surface area contributed by atoms with Crippen molar-refractivity contribution in [1.82, 2.24) is 4.90 Å². The Morgan fingerprint density at radius 1 is 1.82 bits per heavy atom. The minimum absolute atomic E-state index is 0.197. The van der Waals surface area contributed by atoms with Crippen LogP contribution in [0.1, 0.15) is 19.8 Å². The van der Waals surface area contributed by atoms with Crippen molar-refractivity contribution >= 4 is 0 Å². The molecule has 0 aromatic heterocycles. The molecule has 0 spiro atoms. The van der Waals surface area contributed by atoms with Crippen molar-refractivity contribution in [1.29, 1.82) is 0 Å². The molecule has 0 aromatic rings. The van der Waals surface area contributed by atoms with E-state index in [1.165, 1.54) is 6.42 Å². The Morgan fingerprint density at radius 2 is 2.55 bits per heavy atom. The fourth-order valence-corrected chi connectivity index (χ4v) is 1.79. The highest BCUT2D eigenvalue weighted by molar-refractivity contribution is 4.86. The van der Waals surface area contributed by atoms with E-state index in [9.17, 15) is 5.11 Å². The molecule has 64 valence electrons. The summed E-state index contributed by atoms with van der Waals surface area (Å²) in [5.74, 6) is 0. The van der Waals surface area contributed by atoms with Crippen LogP contribution in [0, 0.1) is 0 Å². The molecule has 1 aliphatic rings. The standard InChI is InChI=1S/C9H17NO/c1-3-6-10-7-4-5-9(10)8(2)11/h3,8-9,11H,1,4-7H2,2H3/t8-,9-/m0/s1. The van der Waals surface area contributed by atoms with E-state index in [1.54, 1.807) is 0 Å². The van der Waals surface area contributed by atoms with Crippen LogP contribution in [0.4, 0.5) is 0 Å². The summed E-state index contributed by atoms with van der Waals surface area (Å²) in [5, 5.41) is 9.37. The molecular formula is C9H17NO. The first-order valence-electron chi connectivity index (χ1n) is 4.28. The number of rotatable bonds is 3. The van der Waals surface area contributed by atoms with E-state index in [4.69, 9.17) is 0 Å². The van der Waals surface area contributed by atoms with E-state index < -0.39 is 0 Å². The van der Waals surface area contributed by atoms with Gasteiger partial charge in [-0.05, 0) is 26.3 Å². The van der Waals surface area contributed by atoms with Crippen molar-refractivity contribution in [2.75, 3.05) is 13.1 Å². The summed E-state index contributed by atoms with van der Waals surface area (Å²) < 4.78 is 0. The third kappa shape index (κ3) is 2.04. The highest BCUT2D eigenvalue weighted by Crippen LogP contribution is 2.19. The summed E-state index contributed by atoms with van der Waals surface area (Å²) in [7, 11) is 0. The van der Waals surface area contributed by atoms with E-state index in [0.29, 0.717) is 6.04 Å². The first-order chi connectivity index (χ1) is 5.25. The number of nitrogens with zero attached hydrogens (tertiary/aromatic N) is 1. The molecule has 1 fully saturated rings. The topological polar surface area (TPSA) is 23.5 Å². The van der Waals surface area contributed by atoms with Crippen LogP contribution in [-0.2, 0) is 0 Å². The minimum Gasteiger partial charge on any atom is -0.392 e. The predicted octanol–water partition coefficient (Wildman–Crippen LogP) is 1.02. The Kier molecular flexibility index (Phi) is 3.09. The highest BCUT2D eigenvalue weighted by Gasteiger charge is 2.26. The smallest absolute Gasteiger partial charge is 0.0667 e. The van der Waals surface area contributed by atoms with Gasteiger partial charge in [0, 0.05) is 12.6 Å². The average Bonchev–Trinajstić information content (AvgIpc) is 2.36. The van der Waals surface area contributed by atoms with Gasteiger partial charge in [-0.3, -0.25) is 4.90 Å². The van der Waals surface area contributed by atoms with Crippen molar-refractivity contribution in [2.45, 2.75) is 31.9 Å². The zero-order chi connectivity index (χ0) is 8.27. The van der Waals surface area contributed by atoms with E-state index in [1.807, 2.05) is 13.0 Å². The second-order valence-electron chi connectivity index (χ2n) is 3.23. The van der Waals surface area contributed by atoms with Crippen LogP contribution in [0.25, 0.3) is 0 Å². The zero-order valence-corrected chi connectivity index (χ0v) is 7.16. The molecule has 1 rings (SSSR count). The molecule has 2 atom stereocenters. The molecule has 0 saturated carbocycles. The number of aliphatic hydroxyl groups excluding tert-OH is 1. The fraction of sp³-hybridized carbons (Fsp3) is 0.778. The summed E-state index contributed by atoms with van der Waals surface area (Å²) in [6, 6.07) is 0.369. The van der Waals surface area contributed by atoms with Crippen molar-refractivity contribution in [3.05, 3.63) is 12.7 Å². The van der Waals surface area contributed by atoms with Gasteiger partial charge in [-0.25, -0.2) is 0 Å². The lowest BCUT2D eigenvalue weighted by Gasteiger charge is -2.24. The van der Waals surface area contributed by atoms with Gasteiger partial charge in [-0.2, -0.15) is 0 Å². The third-order valence-corrected chi connectivity index (χ3v) is 2.33. The summed E-state index contributed by atoms with van der Waals surface area (Å²) in [4.78, 5) is 2.29. The van der Waals surface area contributed by atoms with E-state index in [2.05, 4.69) is 11.5 Å². The summed E-state index contributed by atoms with van der Waals surface area (Å²) >= 11 is 0. The lowest BCUT2D eigenvalue weighted by molar-refractivity contribution is 0.0932. The molecule has 0 aromatic carbocycles. The monoisotopic (exact) mass is 155 g/mol. The second kappa shape index (κ2) is 3.88. The van der Waals surface area contributed by atoms with Gasteiger partial charge in [0.2, 0.25) is 0 Å². The first-order valence-corrected chi connectivity index (χ1v) is 4.28. The first kappa shape index (κ1) is 8.75. The molecule has 1 N–H and O–H groups in total. The highest BCUT2D eigenvalue weighted by atomic mass is 16.3. The average molecular weight is 155 g/mol. The molecule has 11 heavy (non-hydrogen) atoms. The maximum atomic E-state index is 9.37. The Balaban J connectivity index is 2.43.